The molecular formula is C24H26BF3O4. The first-order chi connectivity index (χ1) is 14.8. The maximum atomic E-state index is 13.6. The molecule has 0 saturated carbocycles. The highest BCUT2D eigenvalue weighted by molar-refractivity contribution is 6.62. The summed E-state index contributed by atoms with van der Waals surface area (Å²) < 4.78 is 58.1. The molecule has 1 fully saturated rings. The van der Waals surface area contributed by atoms with Crippen molar-refractivity contribution in [2.75, 3.05) is 7.11 Å². The third-order valence-corrected chi connectivity index (χ3v) is 6.20. The van der Waals surface area contributed by atoms with Crippen LogP contribution in [0, 0.1) is 6.92 Å². The van der Waals surface area contributed by atoms with Gasteiger partial charge in [-0.15, -0.1) is 0 Å². The van der Waals surface area contributed by atoms with Crippen LogP contribution in [0.5, 0.6) is 5.75 Å². The minimum atomic E-state index is -4.62. The van der Waals surface area contributed by atoms with Crippen LogP contribution < -0.4 is 10.2 Å². The van der Waals surface area contributed by atoms with Gasteiger partial charge in [0.25, 0.3) is 0 Å². The number of benzene rings is 2. The van der Waals surface area contributed by atoms with E-state index in [-0.39, 0.29) is 16.9 Å². The van der Waals surface area contributed by atoms with Crippen LogP contribution in [0.1, 0.15) is 60.3 Å². The topological polar surface area (TPSA) is 44.8 Å². The van der Waals surface area contributed by atoms with Crippen molar-refractivity contribution < 1.29 is 32.0 Å². The Balaban J connectivity index is 2.01. The van der Waals surface area contributed by atoms with Gasteiger partial charge in [0.1, 0.15) is 5.75 Å². The lowest BCUT2D eigenvalue weighted by Gasteiger charge is -2.32. The third-order valence-electron chi connectivity index (χ3n) is 6.20. The number of rotatable bonds is 5. The second kappa shape index (κ2) is 8.41. The summed E-state index contributed by atoms with van der Waals surface area (Å²) in [5, 5.41) is 0. The molecule has 2 aromatic rings. The van der Waals surface area contributed by atoms with E-state index in [0.29, 0.717) is 6.29 Å². The van der Waals surface area contributed by atoms with Gasteiger partial charge in [-0.05, 0) is 68.9 Å². The van der Waals surface area contributed by atoms with Crippen molar-refractivity contribution in [3.8, 4) is 5.75 Å². The largest absolute Gasteiger partial charge is 0.496 e. The highest BCUT2D eigenvalue weighted by atomic mass is 19.4. The lowest BCUT2D eigenvalue weighted by atomic mass is 9.75. The molecule has 1 aliphatic heterocycles. The van der Waals surface area contributed by atoms with Crippen molar-refractivity contribution in [2.24, 2.45) is 0 Å². The predicted octanol–water partition coefficient (Wildman–Crippen LogP) is 5.30. The maximum Gasteiger partial charge on any atom is 0.495 e. The number of aldehydes is 1. The molecule has 170 valence electrons. The van der Waals surface area contributed by atoms with Crippen molar-refractivity contribution >= 4 is 31.0 Å². The first-order valence-corrected chi connectivity index (χ1v) is 10.2. The van der Waals surface area contributed by atoms with Crippen LogP contribution in [0.25, 0.3) is 12.2 Å². The lowest BCUT2D eigenvalue weighted by Crippen LogP contribution is -2.41. The number of hydrogen-bond acceptors (Lipinski definition) is 4. The zero-order chi connectivity index (χ0) is 23.9. The molecule has 0 unspecified atom stereocenters. The van der Waals surface area contributed by atoms with Crippen LogP contribution in [-0.4, -0.2) is 31.7 Å². The van der Waals surface area contributed by atoms with E-state index in [0.717, 1.165) is 22.7 Å². The smallest absolute Gasteiger partial charge is 0.495 e. The number of methoxy groups -OCH3 is 1. The van der Waals surface area contributed by atoms with Crippen LogP contribution in [0.4, 0.5) is 13.2 Å². The van der Waals surface area contributed by atoms with E-state index in [9.17, 15) is 18.0 Å². The predicted molar refractivity (Wildman–Crippen MR) is 119 cm³/mol. The molecule has 3 rings (SSSR count). The van der Waals surface area contributed by atoms with Crippen LogP contribution in [0.3, 0.4) is 0 Å². The molecule has 1 saturated heterocycles. The van der Waals surface area contributed by atoms with Gasteiger partial charge in [0.15, 0.2) is 6.29 Å². The standard InChI is InChI=1S/C24H26BF3O4/c1-15-16(8-7-9-20(15)25-31-22(2,3)23(4,5)32-25)10-11-17-13-21(30-6)18(14-29)12-19(17)24(26,27)28/h7-14H,1-6H3/b11-10+. The summed E-state index contributed by atoms with van der Waals surface area (Å²) in [4.78, 5) is 11.2. The SMILES string of the molecule is COc1cc(/C=C/c2cccc(B3OC(C)(C)C(C)(C)O3)c2C)c(C(F)(F)F)cc1C=O. The molecule has 1 heterocycles. The van der Waals surface area contributed by atoms with Crippen molar-refractivity contribution in [3.63, 3.8) is 0 Å². The molecule has 0 bridgehead atoms. The first-order valence-electron chi connectivity index (χ1n) is 10.2. The van der Waals surface area contributed by atoms with E-state index in [1.165, 1.54) is 19.3 Å². The Kier molecular flexibility index (Phi) is 6.33. The van der Waals surface area contributed by atoms with E-state index in [1.54, 1.807) is 6.08 Å². The number of alkyl halides is 3. The zero-order valence-corrected chi connectivity index (χ0v) is 19.0. The fourth-order valence-electron chi connectivity index (χ4n) is 3.52. The van der Waals surface area contributed by atoms with Gasteiger partial charge in [-0.3, -0.25) is 4.79 Å². The molecular weight excluding hydrogens is 420 g/mol. The minimum absolute atomic E-state index is 0.0790. The maximum absolute atomic E-state index is 13.6. The summed E-state index contributed by atoms with van der Waals surface area (Å²) in [6.45, 7) is 9.71. The number of carbonyl (C=O) groups excluding carboxylic acids is 1. The third kappa shape index (κ3) is 4.47. The Morgan fingerprint density at radius 1 is 0.969 bits per heavy atom. The molecule has 8 heteroatoms. The quantitative estimate of drug-likeness (QED) is 0.355. The van der Waals surface area contributed by atoms with Gasteiger partial charge >= 0.3 is 13.3 Å². The van der Waals surface area contributed by atoms with Crippen molar-refractivity contribution in [3.05, 3.63) is 58.1 Å². The number of halogens is 3. The van der Waals surface area contributed by atoms with Crippen LogP contribution in [-0.2, 0) is 15.5 Å². The fraction of sp³-hybridized carbons (Fsp3) is 0.375. The molecule has 0 amide bonds. The Morgan fingerprint density at radius 2 is 1.56 bits per heavy atom. The number of hydrogen-bond donors (Lipinski definition) is 0. The van der Waals surface area contributed by atoms with E-state index in [4.69, 9.17) is 14.0 Å². The summed E-state index contributed by atoms with van der Waals surface area (Å²) >= 11 is 0. The Bertz CT molecular complexity index is 1040. The fourth-order valence-corrected chi connectivity index (χ4v) is 3.52. The van der Waals surface area contributed by atoms with E-state index < -0.39 is 30.1 Å². The normalized spacial score (nSPS) is 17.7. The van der Waals surface area contributed by atoms with Gasteiger partial charge in [0.2, 0.25) is 0 Å². The van der Waals surface area contributed by atoms with Gasteiger partial charge in [-0.1, -0.05) is 30.4 Å². The summed E-state index contributed by atoms with van der Waals surface area (Å²) in [5.41, 5.74) is 0.211. The molecule has 2 aromatic carbocycles. The first kappa shape index (κ1) is 24.1. The van der Waals surface area contributed by atoms with Crippen LogP contribution in [0.15, 0.2) is 30.3 Å². The Morgan fingerprint density at radius 3 is 2.09 bits per heavy atom. The van der Waals surface area contributed by atoms with Crippen molar-refractivity contribution in [1.29, 1.82) is 0 Å². The monoisotopic (exact) mass is 446 g/mol. The summed E-state index contributed by atoms with van der Waals surface area (Å²) in [6, 6.07) is 7.53. The molecule has 0 N–H and O–H groups in total. The average molecular weight is 446 g/mol. The second-order valence-electron chi connectivity index (χ2n) is 8.78. The van der Waals surface area contributed by atoms with Crippen LogP contribution in [0.2, 0.25) is 0 Å². The molecule has 1 aliphatic rings. The summed E-state index contributed by atoms with van der Waals surface area (Å²) in [6.07, 6.45) is -1.30. The highest BCUT2D eigenvalue weighted by Crippen LogP contribution is 2.38. The zero-order valence-electron chi connectivity index (χ0n) is 19.0. The molecule has 0 radical (unpaired) electrons. The molecule has 0 aromatic heterocycles. The van der Waals surface area contributed by atoms with Gasteiger partial charge in [0, 0.05) is 0 Å². The summed E-state index contributed by atoms with van der Waals surface area (Å²) in [7, 11) is 0.729. The van der Waals surface area contributed by atoms with Crippen LogP contribution >= 0.6 is 0 Å². The lowest BCUT2D eigenvalue weighted by molar-refractivity contribution is -0.137. The van der Waals surface area contributed by atoms with E-state index in [1.807, 2.05) is 52.8 Å². The molecule has 0 atom stereocenters. The van der Waals surface area contributed by atoms with E-state index in [2.05, 4.69) is 0 Å². The molecule has 32 heavy (non-hydrogen) atoms. The van der Waals surface area contributed by atoms with Gasteiger partial charge in [-0.2, -0.15) is 13.2 Å². The van der Waals surface area contributed by atoms with Gasteiger partial charge < -0.3 is 14.0 Å². The van der Waals surface area contributed by atoms with E-state index >= 15 is 0 Å². The Labute approximate surface area is 186 Å². The highest BCUT2D eigenvalue weighted by Gasteiger charge is 2.52. The number of ether oxygens (including phenoxy) is 1. The van der Waals surface area contributed by atoms with Gasteiger partial charge in [0.05, 0.1) is 29.4 Å². The van der Waals surface area contributed by atoms with Gasteiger partial charge in [-0.25, -0.2) is 0 Å². The second-order valence-corrected chi connectivity index (χ2v) is 8.78. The van der Waals surface area contributed by atoms with Crippen molar-refractivity contribution in [1.82, 2.24) is 0 Å². The molecule has 0 spiro atoms. The number of carbonyl (C=O) groups is 1. The summed E-state index contributed by atoms with van der Waals surface area (Å²) in [5.74, 6) is 0.0790. The minimum Gasteiger partial charge on any atom is -0.496 e. The van der Waals surface area contributed by atoms with Crippen molar-refractivity contribution in [2.45, 2.75) is 52.0 Å². The average Bonchev–Trinajstić information content (AvgIpc) is 2.92. The molecule has 0 aliphatic carbocycles. The Hall–Kier alpha value is -2.58. The molecule has 4 nitrogen and oxygen atoms in total.